The average Bonchev–Trinajstić information content (AvgIpc) is 2.72. The van der Waals surface area contributed by atoms with Crippen LogP contribution < -0.4 is 5.73 Å². The van der Waals surface area contributed by atoms with E-state index in [-0.39, 0.29) is 11.5 Å². The van der Waals surface area contributed by atoms with Gasteiger partial charge in [-0.2, -0.15) is 0 Å². The number of aromatic nitrogens is 1. The minimum absolute atomic E-state index is 0.149. The normalized spacial score (nSPS) is 21.2. The highest BCUT2D eigenvalue weighted by atomic mass is 32.1. The van der Waals surface area contributed by atoms with Crippen LogP contribution >= 0.6 is 11.3 Å². The summed E-state index contributed by atoms with van der Waals surface area (Å²) in [5.74, 6) is 0. The van der Waals surface area contributed by atoms with Crippen molar-refractivity contribution < 1.29 is 0 Å². The van der Waals surface area contributed by atoms with E-state index in [1.54, 1.807) is 11.3 Å². The number of benzene rings is 1. The summed E-state index contributed by atoms with van der Waals surface area (Å²) < 4.78 is 0. The predicted octanol–water partition coefficient (Wildman–Crippen LogP) is 4.09. The van der Waals surface area contributed by atoms with E-state index in [2.05, 4.69) is 45.0 Å². The van der Waals surface area contributed by atoms with E-state index in [0.717, 1.165) is 17.8 Å². The average molecular weight is 272 g/mol. The Hall–Kier alpha value is -1.19. The molecule has 3 rings (SSSR count). The minimum Gasteiger partial charge on any atom is -0.323 e. The number of nitrogens with two attached hydrogens (primary N) is 1. The Balaban J connectivity index is 2.01. The van der Waals surface area contributed by atoms with Crippen molar-refractivity contribution in [3.8, 4) is 10.6 Å². The van der Waals surface area contributed by atoms with E-state index < -0.39 is 0 Å². The first-order valence-electron chi connectivity index (χ1n) is 6.77. The van der Waals surface area contributed by atoms with Crippen molar-refractivity contribution in [2.75, 3.05) is 0 Å². The Labute approximate surface area is 118 Å². The molecule has 1 atom stereocenters. The van der Waals surface area contributed by atoms with Crippen LogP contribution in [-0.2, 0) is 6.42 Å². The quantitative estimate of drug-likeness (QED) is 0.849. The highest BCUT2D eigenvalue weighted by Crippen LogP contribution is 2.43. The molecule has 19 heavy (non-hydrogen) atoms. The molecule has 2 nitrogen and oxygen atoms in total. The van der Waals surface area contributed by atoms with E-state index in [9.17, 15) is 0 Å². The summed E-state index contributed by atoms with van der Waals surface area (Å²) in [6.45, 7) is 6.66. The van der Waals surface area contributed by atoms with E-state index >= 15 is 0 Å². The Morgan fingerprint density at radius 3 is 2.63 bits per heavy atom. The second-order valence-corrected chi connectivity index (χ2v) is 7.38. The molecular weight excluding hydrogens is 252 g/mol. The third-order valence-corrected chi connectivity index (χ3v) is 5.06. The van der Waals surface area contributed by atoms with Crippen molar-refractivity contribution in [1.82, 2.24) is 4.98 Å². The molecule has 0 aliphatic heterocycles. The zero-order chi connectivity index (χ0) is 13.6. The van der Waals surface area contributed by atoms with Gasteiger partial charge in [-0.05, 0) is 25.2 Å². The fourth-order valence-corrected chi connectivity index (χ4v) is 3.90. The van der Waals surface area contributed by atoms with Crippen LogP contribution in [0.15, 0.2) is 24.3 Å². The highest BCUT2D eigenvalue weighted by molar-refractivity contribution is 7.15. The Morgan fingerprint density at radius 2 is 1.95 bits per heavy atom. The van der Waals surface area contributed by atoms with Gasteiger partial charge in [0.25, 0.3) is 0 Å². The van der Waals surface area contributed by atoms with Crippen LogP contribution in [0.25, 0.3) is 10.6 Å². The van der Waals surface area contributed by atoms with Gasteiger partial charge >= 0.3 is 0 Å². The van der Waals surface area contributed by atoms with Gasteiger partial charge in [0.05, 0.1) is 5.69 Å². The van der Waals surface area contributed by atoms with Crippen molar-refractivity contribution >= 4 is 11.3 Å². The lowest BCUT2D eigenvalue weighted by molar-refractivity contribution is 0.282. The number of rotatable bonds is 1. The van der Waals surface area contributed by atoms with Crippen LogP contribution in [0.3, 0.4) is 0 Å². The van der Waals surface area contributed by atoms with Crippen molar-refractivity contribution in [3.63, 3.8) is 0 Å². The molecule has 3 heteroatoms. The molecule has 0 saturated heterocycles. The van der Waals surface area contributed by atoms with E-state index in [0.29, 0.717) is 0 Å². The SMILES string of the molecule is Cc1ccc(-c2nc3c(s2)C(N)CC(C)(C)C3)cc1. The minimum atomic E-state index is 0.149. The molecular formula is C16H20N2S. The van der Waals surface area contributed by atoms with Crippen molar-refractivity contribution in [1.29, 1.82) is 0 Å². The standard InChI is InChI=1S/C16H20N2S/c1-10-4-6-11(7-5-10)15-18-13-9-16(2,3)8-12(17)14(13)19-15/h4-7,12H,8-9,17H2,1-3H3. The van der Waals surface area contributed by atoms with Gasteiger partial charge in [0, 0.05) is 16.5 Å². The highest BCUT2D eigenvalue weighted by Gasteiger charge is 2.33. The molecule has 0 radical (unpaired) electrons. The van der Waals surface area contributed by atoms with E-state index in [4.69, 9.17) is 10.7 Å². The Kier molecular flexibility index (Phi) is 2.99. The predicted molar refractivity (Wildman–Crippen MR) is 81.3 cm³/mol. The van der Waals surface area contributed by atoms with Crippen LogP contribution in [0.2, 0.25) is 0 Å². The first-order chi connectivity index (χ1) is 8.94. The molecule has 2 aromatic rings. The zero-order valence-electron chi connectivity index (χ0n) is 11.7. The summed E-state index contributed by atoms with van der Waals surface area (Å²) in [6.07, 6.45) is 2.09. The summed E-state index contributed by atoms with van der Waals surface area (Å²) in [5, 5.41) is 1.11. The molecule has 1 aromatic heterocycles. The molecule has 0 fully saturated rings. The number of aryl methyl sites for hydroxylation is 1. The van der Waals surface area contributed by atoms with Crippen molar-refractivity contribution in [3.05, 3.63) is 40.4 Å². The molecule has 0 amide bonds. The first-order valence-corrected chi connectivity index (χ1v) is 7.58. The van der Waals surface area contributed by atoms with Crippen LogP contribution in [-0.4, -0.2) is 4.98 Å². The summed E-state index contributed by atoms with van der Waals surface area (Å²) in [6, 6.07) is 8.72. The van der Waals surface area contributed by atoms with Crippen LogP contribution in [0.1, 0.15) is 42.4 Å². The van der Waals surface area contributed by atoms with Gasteiger partial charge < -0.3 is 5.73 Å². The number of nitrogens with zero attached hydrogens (tertiary/aromatic N) is 1. The molecule has 1 aliphatic carbocycles. The maximum absolute atomic E-state index is 6.31. The molecule has 0 spiro atoms. The third-order valence-electron chi connectivity index (χ3n) is 3.78. The lowest BCUT2D eigenvalue weighted by atomic mass is 9.77. The molecule has 1 heterocycles. The lowest BCUT2D eigenvalue weighted by Crippen LogP contribution is -2.28. The largest absolute Gasteiger partial charge is 0.323 e. The lowest BCUT2D eigenvalue weighted by Gasteiger charge is -2.32. The van der Waals surface area contributed by atoms with Gasteiger partial charge in [0.15, 0.2) is 0 Å². The number of thiazole rings is 1. The number of fused-ring (bicyclic) bond motifs is 1. The van der Waals surface area contributed by atoms with Crippen molar-refractivity contribution in [2.24, 2.45) is 11.1 Å². The van der Waals surface area contributed by atoms with Gasteiger partial charge in [0.1, 0.15) is 5.01 Å². The maximum Gasteiger partial charge on any atom is 0.123 e. The summed E-state index contributed by atoms with van der Waals surface area (Å²) in [7, 11) is 0. The van der Waals surface area contributed by atoms with Gasteiger partial charge in [-0.25, -0.2) is 4.98 Å². The fourth-order valence-electron chi connectivity index (χ4n) is 2.81. The summed E-state index contributed by atoms with van der Waals surface area (Å²) in [4.78, 5) is 6.12. The molecule has 0 bridgehead atoms. The molecule has 1 aliphatic rings. The molecule has 1 unspecified atom stereocenters. The third kappa shape index (κ3) is 2.45. The molecule has 2 N–H and O–H groups in total. The summed E-state index contributed by atoms with van der Waals surface area (Å²) >= 11 is 1.77. The monoisotopic (exact) mass is 272 g/mol. The topological polar surface area (TPSA) is 38.9 Å². The van der Waals surface area contributed by atoms with Gasteiger partial charge in [0.2, 0.25) is 0 Å². The van der Waals surface area contributed by atoms with Crippen LogP contribution in [0.5, 0.6) is 0 Å². The number of hydrogen-bond donors (Lipinski definition) is 1. The van der Waals surface area contributed by atoms with Crippen molar-refractivity contribution in [2.45, 2.75) is 39.7 Å². The zero-order valence-corrected chi connectivity index (χ0v) is 12.6. The second-order valence-electron chi connectivity index (χ2n) is 6.35. The molecule has 100 valence electrons. The smallest absolute Gasteiger partial charge is 0.123 e. The van der Waals surface area contributed by atoms with Gasteiger partial charge in [-0.3, -0.25) is 0 Å². The fraction of sp³-hybridized carbons (Fsp3) is 0.438. The van der Waals surface area contributed by atoms with Gasteiger partial charge in [-0.15, -0.1) is 11.3 Å². The molecule has 0 saturated carbocycles. The Bertz CT molecular complexity index is 596. The Morgan fingerprint density at radius 1 is 1.26 bits per heavy atom. The molecule has 1 aromatic carbocycles. The van der Waals surface area contributed by atoms with Crippen LogP contribution in [0, 0.1) is 12.3 Å². The summed E-state index contributed by atoms with van der Waals surface area (Å²) in [5.41, 5.74) is 10.3. The van der Waals surface area contributed by atoms with E-state index in [1.165, 1.54) is 21.7 Å². The maximum atomic E-state index is 6.31. The van der Waals surface area contributed by atoms with Crippen LogP contribution in [0.4, 0.5) is 0 Å². The van der Waals surface area contributed by atoms with Gasteiger partial charge in [-0.1, -0.05) is 43.7 Å². The number of hydrogen-bond acceptors (Lipinski definition) is 3. The first kappa shape index (κ1) is 12.8. The second kappa shape index (κ2) is 4.43. The van der Waals surface area contributed by atoms with E-state index in [1.807, 2.05) is 0 Å².